The van der Waals surface area contributed by atoms with Crippen molar-refractivity contribution in [2.45, 2.75) is 38.5 Å². The molecule has 1 aliphatic heterocycles. The molecule has 4 saturated carbocycles. The standard InChI is InChI=1S/C23H28N2O6/c26-20(25-17-1-2-18-19(8-17)30-4-3-29-18)13-31-21(27)12-24-22(28)23-9-14-5-15(10-23)7-16(6-14)11-23/h1-2,8,14-16H,3-7,9-13H2,(H,24,28)(H,25,26). The molecule has 8 heteroatoms. The molecule has 0 aromatic heterocycles. The summed E-state index contributed by atoms with van der Waals surface area (Å²) in [6, 6.07) is 5.08. The summed E-state index contributed by atoms with van der Waals surface area (Å²) in [5.41, 5.74) is 0.227. The summed E-state index contributed by atoms with van der Waals surface area (Å²) in [4.78, 5) is 37.1. The summed E-state index contributed by atoms with van der Waals surface area (Å²) < 4.78 is 16.0. The molecule has 31 heavy (non-hydrogen) atoms. The van der Waals surface area contributed by atoms with Crippen LogP contribution in [0.15, 0.2) is 18.2 Å². The van der Waals surface area contributed by atoms with Gasteiger partial charge in [-0.2, -0.15) is 0 Å². The lowest BCUT2D eigenvalue weighted by Crippen LogP contribution is -2.54. The molecule has 0 saturated heterocycles. The minimum absolute atomic E-state index is 0.0238. The lowest BCUT2D eigenvalue weighted by molar-refractivity contribution is -0.152. The van der Waals surface area contributed by atoms with E-state index >= 15 is 0 Å². The van der Waals surface area contributed by atoms with E-state index in [2.05, 4.69) is 10.6 Å². The summed E-state index contributed by atoms with van der Waals surface area (Å²) in [5.74, 6) is 2.07. The number of hydrogen-bond donors (Lipinski definition) is 2. The van der Waals surface area contributed by atoms with Crippen LogP contribution in [0.2, 0.25) is 0 Å². The van der Waals surface area contributed by atoms with Crippen LogP contribution < -0.4 is 20.1 Å². The third-order valence-corrected chi connectivity index (χ3v) is 7.10. The van der Waals surface area contributed by atoms with Crippen molar-refractivity contribution in [1.82, 2.24) is 5.32 Å². The molecular weight excluding hydrogens is 400 g/mol. The smallest absolute Gasteiger partial charge is 0.325 e. The molecule has 0 atom stereocenters. The maximum Gasteiger partial charge on any atom is 0.325 e. The highest BCUT2D eigenvalue weighted by Gasteiger charge is 2.54. The Morgan fingerprint density at radius 3 is 2.29 bits per heavy atom. The molecule has 6 rings (SSSR count). The van der Waals surface area contributed by atoms with Crippen molar-refractivity contribution in [3.63, 3.8) is 0 Å². The number of carbonyl (C=O) groups is 3. The summed E-state index contributed by atoms with van der Waals surface area (Å²) in [6.07, 6.45) is 6.60. The quantitative estimate of drug-likeness (QED) is 0.674. The van der Waals surface area contributed by atoms with Gasteiger partial charge in [-0.25, -0.2) is 0 Å². The van der Waals surface area contributed by atoms with Gasteiger partial charge in [0.15, 0.2) is 18.1 Å². The number of esters is 1. The maximum atomic E-state index is 12.9. The van der Waals surface area contributed by atoms with Crippen LogP contribution in [0.3, 0.4) is 0 Å². The van der Waals surface area contributed by atoms with Gasteiger partial charge < -0.3 is 24.8 Å². The molecule has 8 nitrogen and oxygen atoms in total. The summed E-state index contributed by atoms with van der Waals surface area (Å²) >= 11 is 0. The van der Waals surface area contributed by atoms with Crippen molar-refractivity contribution in [2.24, 2.45) is 23.2 Å². The second kappa shape index (κ2) is 8.05. The molecule has 4 aliphatic carbocycles. The van der Waals surface area contributed by atoms with Gasteiger partial charge in [-0.1, -0.05) is 0 Å². The molecule has 1 heterocycles. The number of carbonyl (C=O) groups excluding carboxylic acids is 3. The zero-order valence-electron chi connectivity index (χ0n) is 17.5. The number of nitrogens with one attached hydrogen (secondary N) is 2. The average molecular weight is 428 g/mol. The Bertz CT molecular complexity index is 863. The molecule has 166 valence electrons. The van der Waals surface area contributed by atoms with Gasteiger partial charge in [0.25, 0.3) is 5.91 Å². The van der Waals surface area contributed by atoms with Crippen molar-refractivity contribution >= 4 is 23.5 Å². The van der Waals surface area contributed by atoms with E-state index in [4.69, 9.17) is 14.2 Å². The minimum atomic E-state index is -0.615. The molecule has 0 radical (unpaired) electrons. The Labute approximate surface area is 181 Å². The second-order valence-corrected chi connectivity index (χ2v) is 9.45. The number of hydrogen-bond acceptors (Lipinski definition) is 6. The van der Waals surface area contributed by atoms with Crippen molar-refractivity contribution in [2.75, 3.05) is 31.7 Å². The first-order valence-corrected chi connectivity index (χ1v) is 11.1. The molecule has 5 aliphatic rings. The molecule has 0 spiro atoms. The fourth-order valence-corrected chi connectivity index (χ4v) is 6.24. The first-order valence-electron chi connectivity index (χ1n) is 11.1. The van der Waals surface area contributed by atoms with Crippen LogP contribution >= 0.6 is 0 Å². The van der Waals surface area contributed by atoms with Crippen LogP contribution in [0.4, 0.5) is 5.69 Å². The summed E-state index contributed by atoms with van der Waals surface area (Å²) in [7, 11) is 0. The highest BCUT2D eigenvalue weighted by Crippen LogP contribution is 2.60. The van der Waals surface area contributed by atoms with Crippen LogP contribution in [0.5, 0.6) is 11.5 Å². The monoisotopic (exact) mass is 428 g/mol. The predicted octanol–water partition coefficient (Wildman–Crippen LogP) is 2.27. The zero-order chi connectivity index (χ0) is 21.4. The van der Waals surface area contributed by atoms with Crippen molar-refractivity contribution in [3.05, 3.63) is 18.2 Å². The maximum absolute atomic E-state index is 12.9. The van der Waals surface area contributed by atoms with Crippen LogP contribution in [0, 0.1) is 23.2 Å². The molecule has 2 amide bonds. The van der Waals surface area contributed by atoms with E-state index in [0.717, 1.165) is 19.3 Å². The fourth-order valence-electron chi connectivity index (χ4n) is 6.24. The number of anilines is 1. The highest BCUT2D eigenvalue weighted by atomic mass is 16.6. The Hall–Kier alpha value is -2.77. The number of rotatable bonds is 6. The van der Waals surface area contributed by atoms with E-state index in [9.17, 15) is 14.4 Å². The van der Waals surface area contributed by atoms with Gasteiger partial charge in [0, 0.05) is 17.2 Å². The lowest BCUT2D eigenvalue weighted by atomic mass is 9.49. The topological polar surface area (TPSA) is 103 Å². The predicted molar refractivity (Wildman–Crippen MR) is 111 cm³/mol. The van der Waals surface area contributed by atoms with Crippen LogP contribution in [-0.2, 0) is 19.1 Å². The van der Waals surface area contributed by atoms with Crippen LogP contribution in [-0.4, -0.2) is 44.1 Å². The van der Waals surface area contributed by atoms with Gasteiger partial charge in [0.1, 0.15) is 19.8 Å². The van der Waals surface area contributed by atoms with Gasteiger partial charge in [-0.3, -0.25) is 14.4 Å². The summed E-state index contributed by atoms with van der Waals surface area (Å²) in [5, 5.41) is 5.43. The van der Waals surface area contributed by atoms with E-state index in [-0.39, 0.29) is 17.9 Å². The van der Waals surface area contributed by atoms with E-state index in [1.165, 1.54) is 19.3 Å². The first-order chi connectivity index (χ1) is 15.0. The lowest BCUT2D eigenvalue weighted by Gasteiger charge is -2.55. The molecule has 1 aromatic rings. The van der Waals surface area contributed by atoms with E-state index in [0.29, 0.717) is 48.2 Å². The number of amides is 2. The van der Waals surface area contributed by atoms with E-state index < -0.39 is 18.5 Å². The molecular formula is C23H28N2O6. The average Bonchev–Trinajstić information content (AvgIpc) is 2.75. The number of fused-ring (bicyclic) bond motifs is 1. The Morgan fingerprint density at radius 1 is 0.968 bits per heavy atom. The van der Waals surface area contributed by atoms with Gasteiger partial charge in [0.2, 0.25) is 5.91 Å². The van der Waals surface area contributed by atoms with Crippen LogP contribution in [0.25, 0.3) is 0 Å². The Kier molecular flexibility index (Phi) is 5.24. The SMILES string of the molecule is O=C(COC(=O)CNC(=O)C12CC3CC(CC(C3)C1)C2)Nc1ccc2c(c1)OCCO2. The molecule has 4 bridgehead atoms. The second-order valence-electron chi connectivity index (χ2n) is 9.45. The van der Waals surface area contributed by atoms with Crippen molar-refractivity contribution in [1.29, 1.82) is 0 Å². The highest BCUT2D eigenvalue weighted by molar-refractivity contribution is 5.93. The fraction of sp³-hybridized carbons (Fsp3) is 0.609. The molecule has 0 unspecified atom stereocenters. The third kappa shape index (κ3) is 4.20. The third-order valence-electron chi connectivity index (χ3n) is 7.10. The van der Waals surface area contributed by atoms with Gasteiger partial charge in [0.05, 0.1) is 0 Å². The Balaban J connectivity index is 1.07. The van der Waals surface area contributed by atoms with Crippen molar-refractivity contribution in [3.8, 4) is 11.5 Å². The van der Waals surface area contributed by atoms with Crippen molar-refractivity contribution < 1.29 is 28.6 Å². The molecule has 2 N–H and O–H groups in total. The first kappa shape index (κ1) is 20.2. The molecule has 4 fully saturated rings. The largest absolute Gasteiger partial charge is 0.486 e. The van der Waals surface area contributed by atoms with Gasteiger partial charge in [-0.15, -0.1) is 0 Å². The van der Waals surface area contributed by atoms with Crippen LogP contribution in [0.1, 0.15) is 38.5 Å². The Morgan fingerprint density at radius 2 is 1.61 bits per heavy atom. The number of ether oxygens (including phenoxy) is 3. The molecule has 1 aromatic carbocycles. The van der Waals surface area contributed by atoms with Gasteiger partial charge in [-0.05, 0) is 68.4 Å². The number of benzene rings is 1. The van der Waals surface area contributed by atoms with Gasteiger partial charge >= 0.3 is 5.97 Å². The normalized spacial score (nSPS) is 29.9. The van der Waals surface area contributed by atoms with E-state index in [1.807, 2.05) is 0 Å². The minimum Gasteiger partial charge on any atom is -0.486 e. The van der Waals surface area contributed by atoms with E-state index in [1.54, 1.807) is 18.2 Å². The summed E-state index contributed by atoms with van der Waals surface area (Å²) in [6.45, 7) is 0.323. The zero-order valence-corrected chi connectivity index (χ0v) is 17.5.